The van der Waals surface area contributed by atoms with Crippen molar-refractivity contribution in [1.82, 2.24) is 0 Å². The van der Waals surface area contributed by atoms with E-state index in [0.29, 0.717) is 34.5 Å². The van der Waals surface area contributed by atoms with Gasteiger partial charge in [0.05, 0.1) is 6.10 Å². The van der Waals surface area contributed by atoms with Gasteiger partial charge in [0, 0.05) is 24.3 Å². The number of hydrogen-bond acceptors (Lipinski definition) is 4. The van der Waals surface area contributed by atoms with E-state index in [1.165, 1.54) is 51.0 Å². The molecule has 5 aliphatic carbocycles. The van der Waals surface area contributed by atoms with Crippen molar-refractivity contribution in [1.29, 1.82) is 0 Å². The number of fused-ring (bicyclic) bond motifs is 4. The zero-order chi connectivity index (χ0) is 22.3. The average molecular weight is 430 g/mol. The van der Waals surface area contributed by atoms with Crippen LogP contribution in [0.2, 0.25) is 0 Å². The molecule has 31 heavy (non-hydrogen) atoms. The fraction of sp³-hybridized carbons (Fsp3) is 0.889. The van der Waals surface area contributed by atoms with Crippen LogP contribution in [0, 0.1) is 51.8 Å². The SMILES string of the molecule is CO[C@@H]1C[C@H]2[C@@H]3CC[C@H]([C@H](C)[C@@H](O)C(=O)/C=C(/C)N)[C@@]3(C)CC[C@@H]2[C@@]2(C)CC[C@@H]3C[C@@]312. The first kappa shape index (κ1) is 21.9. The van der Waals surface area contributed by atoms with Gasteiger partial charge in [-0.1, -0.05) is 20.8 Å². The first-order chi connectivity index (χ1) is 14.6. The Morgan fingerprint density at radius 2 is 1.90 bits per heavy atom. The zero-order valence-electron chi connectivity index (χ0n) is 20.2. The van der Waals surface area contributed by atoms with Gasteiger partial charge in [-0.3, -0.25) is 4.79 Å². The lowest BCUT2D eigenvalue weighted by molar-refractivity contribution is -0.163. The largest absolute Gasteiger partial charge is 0.402 e. The number of aliphatic hydroxyl groups excluding tert-OH is 1. The Kier molecular flexibility index (Phi) is 5.00. The van der Waals surface area contributed by atoms with Gasteiger partial charge >= 0.3 is 0 Å². The third-order valence-electron chi connectivity index (χ3n) is 11.7. The molecule has 5 fully saturated rings. The lowest BCUT2D eigenvalue weighted by atomic mass is 9.45. The van der Waals surface area contributed by atoms with Crippen molar-refractivity contribution in [2.45, 2.75) is 91.3 Å². The molecule has 5 saturated carbocycles. The van der Waals surface area contributed by atoms with Crippen molar-refractivity contribution in [3.05, 3.63) is 11.8 Å². The van der Waals surface area contributed by atoms with Crippen LogP contribution in [0.5, 0.6) is 0 Å². The first-order valence-corrected chi connectivity index (χ1v) is 12.8. The van der Waals surface area contributed by atoms with E-state index in [1.54, 1.807) is 6.92 Å². The third kappa shape index (κ3) is 2.76. The zero-order valence-corrected chi connectivity index (χ0v) is 20.2. The van der Waals surface area contributed by atoms with Crippen LogP contribution in [0.15, 0.2) is 11.8 Å². The van der Waals surface area contributed by atoms with Gasteiger partial charge in [0.1, 0.15) is 6.10 Å². The Morgan fingerprint density at radius 1 is 1.16 bits per heavy atom. The maximum Gasteiger partial charge on any atom is 0.186 e. The molecule has 0 unspecified atom stereocenters. The summed E-state index contributed by atoms with van der Waals surface area (Å²) in [6.45, 7) is 8.89. The summed E-state index contributed by atoms with van der Waals surface area (Å²) in [7, 11) is 1.95. The molecule has 4 heteroatoms. The van der Waals surface area contributed by atoms with Crippen LogP contribution in [0.25, 0.3) is 0 Å². The number of methoxy groups -OCH3 is 1. The second-order valence-electron chi connectivity index (χ2n) is 12.6. The lowest BCUT2D eigenvalue weighted by Gasteiger charge is -2.61. The molecule has 3 N–H and O–H groups in total. The predicted octanol–water partition coefficient (Wildman–Crippen LogP) is 4.70. The fourth-order valence-corrected chi connectivity index (χ4v) is 10.3. The maximum atomic E-state index is 12.5. The number of rotatable bonds is 5. The highest BCUT2D eigenvalue weighted by Gasteiger charge is 2.77. The van der Waals surface area contributed by atoms with Crippen molar-refractivity contribution in [3.63, 3.8) is 0 Å². The van der Waals surface area contributed by atoms with Crippen LogP contribution in [0.1, 0.15) is 79.1 Å². The van der Waals surface area contributed by atoms with E-state index in [4.69, 9.17) is 10.5 Å². The summed E-state index contributed by atoms with van der Waals surface area (Å²) in [6, 6.07) is 0. The monoisotopic (exact) mass is 429 g/mol. The highest BCUT2D eigenvalue weighted by atomic mass is 16.5. The highest BCUT2D eigenvalue weighted by molar-refractivity contribution is 5.94. The van der Waals surface area contributed by atoms with Crippen LogP contribution >= 0.6 is 0 Å². The second kappa shape index (κ2) is 7.06. The smallest absolute Gasteiger partial charge is 0.186 e. The summed E-state index contributed by atoms with van der Waals surface area (Å²) in [4.78, 5) is 12.5. The van der Waals surface area contributed by atoms with Gasteiger partial charge in [-0.25, -0.2) is 0 Å². The molecule has 0 bridgehead atoms. The van der Waals surface area contributed by atoms with Crippen molar-refractivity contribution in [2.75, 3.05) is 7.11 Å². The van der Waals surface area contributed by atoms with E-state index < -0.39 is 6.10 Å². The van der Waals surface area contributed by atoms with Gasteiger partial charge in [-0.05, 0) is 105 Å². The van der Waals surface area contributed by atoms with Gasteiger partial charge in [0.25, 0.3) is 0 Å². The fourth-order valence-electron chi connectivity index (χ4n) is 10.3. The van der Waals surface area contributed by atoms with E-state index in [0.717, 1.165) is 24.2 Å². The first-order valence-electron chi connectivity index (χ1n) is 12.8. The molecule has 5 rings (SSSR count). The molecule has 0 heterocycles. The summed E-state index contributed by atoms with van der Waals surface area (Å²) in [5, 5.41) is 10.8. The van der Waals surface area contributed by atoms with E-state index in [1.807, 2.05) is 7.11 Å². The predicted molar refractivity (Wildman–Crippen MR) is 122 cm³/mol. The summed E-state index contributed by atoms with van der Waals surface area (Å²) >= 11 is 0. The Labute approximate surface area is 188 Å². The Hall–Kier alpha value is -0.870. The van der Waals surface area contributed by atoms with Crippen LogP contribution in [0.3, 0.4) is 0 Å². The van der Waals surface area contributed by atoms with Gasteiger partial charge in [0.2, 0.25) is 0 Å². The minimum Gasteiger partial charge on any atom is -0.402 e. The Balaban J connectivity index is 1.40. The number of ketones is 1. The van der Waals surface area contributed by atoms with Crippen molar-refractivity contribution in [2.24, 2.45) is 57.5 Å². The summed E-state index contributed by atoms with van der Waals surface area (Å²) in [6.07, 6.45) is 11.2. The molecule has 0 amide bonds. The number of nitrogens with two attached hydrogens (primary N) is 1. The number of aliphatic hydroxyl groups is 1. The molecule has 5 aliphatic rings. The standard InChI is InChI=1S/C27H43NO3/c1-15(28)12-22(29)24(30)16(2)19-6-7-20-18-13-23(31-5)27-14-17(27)8-11-26(27,4)21(18)9-10-25(19,20)3/h12,16-21,23-24,30H,6-11,13-14,28H2,1-5H3/b15-12-/t16-,17+,18-,19+,20-,21-,23+,24+,25+,26+,27+/m0/s1. The Morgan fingerprint density at radius 3 is 2.55 bits per heavy atom. The molecular weight excluding hydrogens is 386 g/mol. The summed E-state index contributed by atoms with van der Waals surface area (Å²) in [5.74, 6) is 3.29. The lowest BCUT2D eigenvalue weighted by Crippen LogP contribution is -2.57. The molecule has 11 atom stereocenters. The van der Waals surface area contributed by atoms with Crippen LogP contribution in [0.4, 0.5) is 0 Å². The van der Waals surface area contributed by atoms with Crippen molar-refractivity contribution >= 4 is 5.78 Å². The van der Waals surface area contributed by atoms with Gasteiger partial charge in [-0.15, -0.1) is 0 Å². The molecule has 0 aromatic rings. The van der Waals surface area contributed by atoms with E-state index in [-0.39, 0.29) is 17.1 Å². The number of carbonyl (C=O) groups excluding carboxylic acids is 1. The van der Waals surface area contributed by atoms with Crippen LogP contribution in [-0.4, -0.2) is 30.2 Å². The minimum atomic E-state index is -0.947. The Bertz CT molecular complexity index is 789. The molecule has 0 aliphatic heterocycles. The van der Waals surface area contributed by atoms with Crippen molar-refractivity contribution < 1.29 is 14.6 Å². The summed E-state index contributed by atoms with van der Waals surface area (Å²) in [5.41, 5.74) is 7.30. The maximum absolute atomic E-state index is 12.5. The minimum absolute atomic E-state index is 0.0299. The molecule has 0 aromatic carbocycles. The second-order valence-corrected chi connectivity index (χ2v) is 12.6. The molecular formula is C27H43NO3. The average Bonchev–Trinajstić information content (AvgIpc) is 3.23. The van der Waals surface area contributed by atoms with E-state index in [2.05, 4.69) is 20.8 Å². The molecule has 0 radical (unpaired) electrons. The number of allylic oxidation sites excluding steroid dienone is 1. The molecule has 4 nitrogen and oxygen atoms in total. The highest BCUT2D eigenvalue weighted by Crippen LogP contribution is 2.82. The van der Waals surface area contributed by atoms with Gasteiger partial charge < -0.3 is 15.6 Å². The number of hydrogen-bond donors (Lipinski definition) is 2. The summed E-state index contributed by atoms with van der Waals surface area (Å²) < 4.78 is 6.22. The van der Waals surface area contributed by atoms with Crippen LogP contribution in [-0.2, 0) is 9.53 Å². The van der Waals surface area contributed by atoms with Gasteiger partial charge in [-0.2, -0.15) is 0 Å². The molecule has 1 spiro atoms. The van der Waals surface area contributed by atoms with E-state index in [9.17, 15) is 9.90 Å². The molecule has 174 valence electrons. The van der Waals surface area contributed by atoms with Crippen molar-refractivity contribution in [3.8, 4) is 0 Å². The molecule has 0 aromatic heterocycles. The topological polar surface area (TPSA) is 72.5 Å². The van der Waals surface area contributed by atoms with E-state index >= 15 is 0 Å². The third-order valence-corrected chi connectivity index (χ3v) is 11.7. The normalized spacial score (nSPS) is 52.5. The van der Waals surface area contributed by atoms with Crippen LogP contribution < -0.4 is 5.73 Å². The van der Waals surface area contributed by atoms with Gasteiger partial charge in [0.15, 0.2) is 5.78 Å². The number of carbonyl (C=O) groups is 1. The quantitative estimate of drug-likeness (QED) is 0.622. The molecule has 0 saturated heterocycles. The number of ether oxygens (including phenoxy) is 1.